The van der Waals surface area contributed by atoms with Crippen LogP contribution in [0.1, 0.15) is 55.5 Å². The molecule has 2 unspecified atom stereocenters. The summed E-state index contributed by atoms with van der Waals surface area (Å²) < 4.78 is 5.79. The van der Waals surface area contributed by atoms with Crippen LogP contribution in [0, 0.1) is 26.7 Å². The van der Waals surface area contributed by atoms with Crippen molar-refractivity contribution in [3.8, 4) is 0 Å². The van der Waals surface area contributed by atoms with Crippen molar-refractivity contribution in [2.75, 3.05) is 13.7 Å². The van der Waals surface area contributed by atoms with Gasteiger partial charge in [-0.15, -0.1) is 0 Å². The summed E-state index contributed by atoms with van der Waals surface area (Å²) in [6.45, 7) is 14.2. The lowest BCUT2D eigenvalue weighted by molar-refractivity contribution is 0.0325. The van der Waals surface area contributed by atoms with Crippen molar-refractivity contribution in [1.29, 1.82) is 0 Å². The van der Waals surface area contributed by atoms with Crippen LogP contribution in [0.4, 0.5) is 0 Å². The van der Waals surface area contributed by atoms with E-state index in [9.17, 15) is 0 Å². The normalized spacial score (nSPS) is 14.6. The van der Waals surface area contributed by atoms with Gasteiger partial charge in [-0.25, -0.2) is 0 Å². The molecule has 0 spiro atoms. The van der Waals surface area contributed by atoms with Gasteiger partial charge >= 0.3 is 0 Å². The summed E-state index contributed by atoms with van der Waals surface area (Å²) in [7, 11) is 1.82. The molecule has 114 valence electrons. The van der Waals surface area contributed by atoms with E-state index in [1.807, 2.05) is 7.11 Å². The topological polar surface area (TPSA) is 21.3 Å². The van der Waals surface area contributed by atoms with Crippen LogP contribution >= 0.6 is 0 Å². The van der Waals surface area contributed by atoms with Gasteiger partial charge in [0.1, 0.15) is 0 Å². The van der Waals surface area contributed by atoms with E-state index < -0.39 is 0 Å². The molecule has 0 fully saturated rings. The van der Waals surface area contributed by atoms with Crippen LogP contribution in [0.5, 0.6) is 0 Å². The average molecular weight is 277 g/mol. The van der Waals surface area contributed by atoms with Crippen LogP contribution < -0.4 is 5.32 Å². The van der Waals surface area contributed by atoms with E-state index >= 15 is 0 Å². The highest BCUT2D eigenvalue weighted by atomic mass is 16.5. The SMILES string of the molecule is CCCNC(c1cc(C)c(C)cc1C)C(OC)C(C)C. The van der Waals surface area contributed by atoms with E-state index in [1.165, 1.54) is 22.3 Å². The van der Waals surface area contributed by atoms with E-state index in [-0.39, 0.29) is 12.1 Å². The van der Waals surface area contributed by atoms with Crippen LogP contribution in [-0.2, 0) is 4.74 Å². The van der Waals surface area contributed by atoms with Gasteiger partial charge in [-0.2, -0.15) is 0 Å². The molecule has 0 saturated carbocycles. The van der Waals surface area contributed by atoms with Crippen molar-refractivity contribution in [2.45, 2.75) is 60.1 Å². The number of benzene rings is 1. The highest BCUT2D eigenvalue weighted by Crippen LogP contribution is 2.28. The molecule has 0 aliphatic heterocycles. The molecule has 0 saturated heterocycles. The number of hydrogen-bond donors (Lipinski definition) is 1. The summed E-state index contributed by atoms with van der Waals surface area (Å²) in [5.41, 5.74) is 5.44. The van der Waals surface area contributed by atoms with Gasteiger partial charge in [0.2, 0.25) is 0 Å². The van der Waals surface area contributed by atoms with Crippen molar-refractivity contribution in [3.63, 3.8) is 0 Å². The maximum Gasteiger partial charge on any atom is 0.0788 e. The molecule has 2 atom stereocenters. The summed E-state index contributed by atoms with van der Waals surface area (Å²) in [6.07, 6.45) is 1.33. The van der Waals surface area contributed by atoms with Gasteiger partial charge in [0, 0.05) is 7.11 Å². The molecule has 0 heterocycles. The molecule has 0 aliphatic rings. The third-order valence-corrected chi connectivity index (χ3v) is 4.09. The predicted octanol–water partition coefficient (Wildman–Crippen LogP) is 4.32. The highest BCUT2D eigenvalue weighted by Gasteiger charge is 2.26. The van der Waals surface area contributed by atoms with Gasteiger partial charge in [-0.05, 0) is 61.9 Å². The number of methoxy groups -OCH3 is 1. The second kappa shape index (κ2) is 7.80. The number of aryl methyl sites for hydroxylation is 3. The Bertz CT molecular complexity index is 426. The van der Waals surface area contributed by atoms with E-state index in [0.717, 1.165) is 13.0 Å². The molecule has 0 aromatic heterocycles. The molecule has 1 rings (SSSR count). The van der Waals surface area contributed by atoms with Crippen molar-refractivity contribution >= 4 is 0 Å². The average Bonchev–Trinajstić information content (AvgIpc) is 2.38. The van der Waals surface area contributed by atoms with Crippen molar-refractivity contribution in [2.24, 2.45) is 5.92 Å². The molecule has 1 aromatic rings. The Hall–Kier alpha value is -0.860. The minimum Gasteiger partial charge on any atom is -0.379 e. The minimum atomic E-state index is 0.197. The molecular weight excluding hydrogens is 246 g/mol. The summed E-state index contributed by atoms with van der Waals surface area (Å²) >= 11 is 0. The van der Waals surface area contributed by atoms with Crippen molar-refractivity contribution in [3.05, 3.63) is 34.4 Å². The highest BCUT2D eigenvalue weighted by molar-refractivity contribution is 5.38. The molecule has 0 aliphatic carbocycles. The number of ether oxygens (including phenoxy) is 1. The molecule has 20 heavy (non-hydrogen) atoms. The van der Waals surface area contributed by atoms with Crippen LogP contribution in [0.15, 0.2) is 12.1 Å². The first-order chi connectivity index (χ1) is 9.42. The molecule has 0 amide bonds. The van der Waals surface area contributed by atoms with Crippen LogP contribution in [-0.4, -0.2) is 19.8 Å². The fraction of sp³-hybridized carbons (Fsp3) is 0.667. The van der Waals surface area contributed by atoms with E-state index in [2.05, 4.69) is 59.0 Å². The second-order valence-corrected chi connectivity index (χ2v) is 6.17. The van der Waals surface area contributed by atoms with Gasteiger partial charge in [-0.3, -0.25) is 0 Å². The van der Waals surface area contributed by atoms with E-state index in [1.54, 1.807) is 0 Å². The van der Waals surface area contributed by atoms with Gasteiger partial charge in [0.15, 0.2) is 0 Å². The fourth-order valence-electron chi connectivity index (χ4n) is 2.81. The van der Waals surface area contributed by atoms with Crippen LogP contribution in [0.25, 0.3) is 0 Å². The zero-order chi connectivity index (χ0) is 15.3. The number of hydrogen-bond acceptors (Lipinski definition) is 2. The van der Waals surface area contributed by atoms with Crippen molar-refractivity contribution in [1.82, 2.24) is 5.32 Å². The van der Waals surface area contributed by atoms with Crippen molar-refractivity contribution < 1.29 is 4.74 Å². The molecule has 2 nitrogen and oxygen atoms in total. The zero-order valence-corrected chi connectivity index (χ0v) is 14.2. The Balaban J connectivity index is 3.19. The van der Waals surface area contributed by atoms with Crippen LogP contribution in [0.2, 0.25) is 0 Å². The smallest absolute Gasteiger partial charge is 0.0788 e. The molecule has 1 aromatic carbocycles. The molecule has 0 radical (unpaired) electrons. The molecular formula is C18H31NO. The molecule has 0 bridgehead atoms. The minimum absolute atomic E-state index is 0.197. The first-order valence-corrected chi connectivity index (χ1v) is 7.76. The quantitative estimate of drug-likeness (QED) is 0.801. The largest absolute Gasteiger partial charge is 0.379 e. The lowest BCUT2D eigenvalue weighted by Crippen LogP contribution is -2.37. The lowest BCUT2D eigenvalue weighted by Gasteiger charge is -2.32. The Morgan fingerprint density at radius 1 is 1.05 bits per heavy atom. The Morgan fingerprint density at radius 3 is 2.15 bits per heavy atom. The Morgan fingerprint density at radius 2 is 1.65 bits per heavy atom. The Labute approximate surface area is 124 Å². The predicted molar refractivity (Wildman–Crippen MR) is 87.3 cm³/mol. The number of nitrogens with one attached hydrogen (secondary N) is 1. The Kier molecular flexibility index (Phi) is 6.70. The van der Waals surface area contributed by atoms with Gasteiger partial charge < -0.3 is 10.1 Å². The summed E-state index contributed by atoms with van der Waals surface area (Å²) in [6, 6.07) is 4.88. The van der Waals surface area contributed by atoms with Gasteiger partial charge in [0.25, 0.3) is 0 Å². The maximum atomic E-state index is 5.79. The third-order valence-electron chi connectivity index (χ3n) is 4.09. The lowest BCUT2D eigenvalue weighted by atomic mass is 9.88. The van der Waals surface area contributed by atoms with Gasteiger partial charge in [0.05, 0.1) is 12.1 Å². The third kappa shape index (κ3) is 4.07. The summed E-state index contributed by atoms with van der Waals surface area (Å²) in [4.78, 5) is 0. The number of rotatable bonds is 7. The summed E-state index contributed by atoms with van der Waals surface area (Å²) in [5, 5.41) is 3.68. The van der Waals surface area contributed by atoms with E-state index in [4.69, 9.17) is 4.74 Å². The molecule has 2 heteroatoms. The second-order valence-electron chi connectivity index (χ2n) is 6.17. The summed E-state index contributed by atoms with van der Waals surface area (Å²) in [5.74, 6) is 0.482. The van der Waals surface area contributed by atoms with E-state index in [0.29, 0.717) is 5.92 Å². The zero-order valence-electron chi connectivity index (χ0n) is 14.2. The maximum absolute atomic E-state index is 5.79. The first kappa shape index (κ1) is 17.2. The molecule has 1 N–H and O–H groups in total. The fourth-order valence-corrected chi connectivity index (χ4v) is 2.81. The standard InChI is InChI=1S/C18H31NO/c1-8-9-19-17(18(20-7)12(2)3)16-11-14(5)13(4)10-15(16)6/h10-12,17-19H,8-9H2,1-7H3. The first-order valence-electron chi connectivity index (χ1n) is 7.76. The van der Waals surface area contributed by atoms with Crippen LogP contribution in [0.3, 0.4) is 0 Å². The monoisotopic (exact) mass is 277 g/mol. The van der Waals surface area contributed by atoms with Gasteiger partial charge in [-0.1, -0.05) is 32.9 Å².